The first-order valence-electron chi connectivity index (χ1n) is 6.23. The second-order valence-corrected chi connectivity index (χ2v) is 4.87. The van der Waals surface area contributed by atoms with Gasteiger partial charge in [0.05, 0.1) is 17.0 Å². The molecule has 0 amide bonds. The van der Waals surface area contributed by atoms with Crippen molar-refractivity contribution in [2.45, 2.75) is 44.8 Å². The van der Waals surface area contributed by atoms with Gasteiger partial charge in [0, 0.05) is 32.1 Å². The number of hydrogen-bond acceptors (Lipinski definition) is 4. The molecule has 1 fully saturated rings. The molecule has 2 rings (SSSR count). The monoisotopic (exact) mass is 235 g/mol. The Morgan fingerprint density at radius 3 is 2.65 bits per heavy atom. The summed E-state index contributed by atoms with van der Waals surface area (Å²) >= 11 is 0. The lowest BCUT2D eigenvalue weighted by atomic mass is 9.80. The Hall–Kier alpha value is -1.00. The average Bonchev–Trinajstić information content (AvgIpc) is 2.28. The Kier molecular flexibility index (Phi) is 3.74. The summed E-state index contributed by atoms with van der Waals surface area (Å²) in [5.74, 6) is 0. The largest absolute Gasteiger partial charge is 0.377 e. The summed E-state index contributed by atoms with van der Waals surface area (Å²) in [6, 6.07) is 0.219. The third-order valence-corrected chi connectivity index (χ3v) is 3.76. The topological polar surface area (TPSA) is 47.0 Å². The molecule has 0 aromatic carbocycles. The van der Waals surface area contributed by atoms with E-state index in [4.69, 9.17) is 4.74 Å². The summed E-state index contributed by atoms with van der Waals surface area (Å²) in [7, 11) is 1.80. The first kappa shape index (κ1) is 12.5. The van der Waals surface area contributed by atoms with Crippen LogP contribution in [0.2, 0.25) is 0 Å². The maximum absolute atomic E-state index is 5.59. The molecule has 1 aromatic heterocycles. The summed E-state index contributed by atoms with van der Waals surface area (Å²) < 4.78 is 5.59. The molecule has 0 aliphatic heterocycles. The molecule has 4 heteroatoms. The van der Waals surface area contributed by atoms with Crippen molar-refractivity contribution in [2.24, 2.45) is 0 Å². The smallest absolute Gasteiger partial charge is 0.0802 e. The van der Waals surface area contributed by atoms with Gasteiger partial charge < -0.3 is 10.1 Å². The summed E-state index contributed by atoms with van der Waals surface area (Å²) in [6.07, 6.45) is 7.06. The zero-order valence-corrected chi connectivity index (χ0v) is 10.9. The number of methoxy groups -OCH3 is 1. The lowest BCUT2D eigenvalue weighted by Crippen LogP contribution is -2.48. The van der Waals surface area contributed by atoms with Crippen molar-refractivity contribution in [3.63, 3.8) is 0 Å². The zero-order valence-electron chi connectivity index (χ0n) is 10.9. The number of aromatic nitrogens is 2. The number of aryl methyl sites for hydroxylation is 1. The molecule has 1 aliphatic carbocycles. The van der Waals surface area contributed by atoms with E-state index in [1.165, 1.54) is 6.42 Å². The summed E-state index contributed by atoms with van der Waals surface area (Å²) in [5, 5.41) is 3.51. The summed E-state index contributed by atoms with van der Waals surface area (Å²) in [6.45, 7) is 5.01. The first-order valence-corrected chi connectivity index (χ1v) is 6.23. The van der Waals surface area contributed by atoms with Crippen molar-refractivity contribution in [2.75, 3.05) is 13.7 Å². The maximum Gasteiger partial charge on any atom is 0.0802 e. The van der Waals surface area contributed by atoms with Gasteiger partial charge in [0.25, 0.3) is 0 Å². The Labute approximate surface area is 103 Å². The molecule has 0 radical (unpaired) electrons. The van der Waals surface area contributed by atoms with Crippen molar-refractivity contribution in [1.29, 1.82) is 0 Å². The fourth-order valence-electron chi connectivity index (χ4n) is 2.30. The molecule has 1 aromatic rings. The highest BCUT2D eigenvalue weighted by Crippen LogP contribution is 2.34. The van der Waals surface area contributed by atoms with E-state index in [1.54, 1.807) is 19.5 Å². The van der Waals surface area contributed by atoms with Crippen LogP contribution in [-0.2, 0) is 4.74 Å². The number of nitrogens with one attached hydrogen (secondary N) is 1. The van der Waals surface area contributed by atoms with Crippen LogP contribution in [0.5, 0.6) is 0 Å². The van der Waals surface area contributed by atoms with Gasteiger partial charge in [0.15, 0.2) is 0 Å². The first-order chi connectivity index (χ1) is 8.17. The van der Waals surface area contributed by atoms with Crippen LogP contribution in [0.25, 0.3) is 0 Å². The van der Waals surface area contributed by atoms with Gasteiger partial charge in [-0.3, -0.25) is 9.97 Å². The van der Waals surface area contributed by atoms with Crippen molar-refractivity contribution in [3.05, 3.63) is 23.8 Å². The molecule has 0 saturated heterocycles. The minimum Gasteiger partial charge on any atom is -0.377 e. The molecule has 1 saturated carbocycles. The van der Waals surface area contributed by atoms with E-state index in [1.807, 2.05) is 6.92 Å². The lowest BCUT2D eigenvalue weighted by Gasteiger charge is -2.41. The van der Waals surface area contributed by atoms with Crippen LogP contribution in [0, 0.1) is 6.92 Å². The molecule has 1 N–H and O–H groups in total. The molecule has 1 aliphatic rings. The van der Waals surface area contributed by atoms with E-state index in [0.717, 1.165) is 30.8 Å². The van der Waals surface area contributed by atoms with Gasteiger partial charge in [0.2, 0.25) is 0 Å². The maximum atomic E-state index is 5.59. The third kappa shape index (κ3) is 2.64. The predicted octanol–water partition coefficient (Wildman–Crippen LogP) is 2.00. The lowest BCUT2D eigenvalue weighted by molar-refractivity contribution is -0.0707. The van der Waals surface area contributed by atoms with E-state index >= 15 is 0 Å². The second-order valence-electron chi connectivity index (χ2n) is 4.87. The highest BCUT2D eigenvalue weighted by atomic mass is 16.5. The molecule has 1 atom stereocenters. The van der Waals surface area contributed by atoms with Gasteiger partial charge in [-0.05, 0) is 33.1 Å². The number of ether oxygens (including phenoxy) is 1. The zero-order chi connectivity index (χ0) is 12.3. The number of nitrogens with zero attached hydrogens (tertiary/aromatic N) is 2. The quantitative estimate of drug-likeness (QED) is 0.848. The molecule has 4 nitrogen and oxygen atoms in total. The van der Waals surface area contributed by atoms with E-state index in [-0.39, 0.29) is 11.6 Å². The van der Waals surface area contributed by atoms with Crippen LogP contribution in [0.4, 0.5) is 0 Å². The van der Waals surface area contributed by atoms with Crippen LogP contribution in [0.15, 0.2) is 12.4 Å². The van der Waals surface area contributed by atoms with Gasteiger partial charge in [-0.1, -0.05) is 0 Å². The fraction of sp³-hybridized carbons (Fsp3) is 0.692. The van der Waals surface area contributed by atoms with Crippen LogP contribution >= 0.6 is 0 Å². The fourth-order valence-corrected chi connectivity index (χ4v) is 2.30. The van der Waals surface area contributed by atoms with E-state index < -0.39 is 0 Å². The van der Waals surface area contributed by atoms with Gasteiger partial charge in [-0.2, -0.15) is 0 Å². The van der Waals surface area contributed by atoms with Gasteiger partial charge in [0.1, 0.15) is 0 Å². The molecular weight excluding hydrogens is 214 g/mol. The van der Waals surface area contributed by atoms with Crippen molar-refractivity contribution in [1.82, 2.24) is 15.3 Å². The summed E-state index contributed by atoms with van der Waals surface area (Å²) in [4.78, 5) is 8.65. The summed E-state index contributed by atoms with van der Waals surface area (Å²) in [5.41, 5.74) is 2.08. The Balaban J connectivity index is 1.93. The van der Waals surface area contributed by atoms with Crippen LogP contribution in [-0.4, -0.2) is 29.2 Å². The van der Waals surface area contributed by atoms with Gasteiger partial charge in [-0.25, -0.2) is 0 Å². The molecule has 0 spiro atoms. The minimum absolute atomic E-state index is 0.0599. The van der Waals surface area contributed by atoms with Crippen LogP contribution < -0.4 is 5.32 Å². The normalized spacial score (nSPS) is 19.7. The predicted molar refractivity (Wildman–Crippen MR) is 66.8 cm³/mol. The standard InChI is InChI=1S/C13H21N3O/c1-10-12(15-8-7-14-10)11(2)16-9-13(17-3)5-4-6-13/h7-8,11,16H,4-6,9H2,1-3H3. The molecule has 0 bridgehead atoms. The van der Waals surface area contributed by atoms with Crippen LogP contribution in [0.1, 0.15) is 43.6 Å². The van der Waals surface area contributed by atoms with Crippen molar-refractivity contribution >= 4 is 0 Å². The molecule has 1 unspecified atom stereocenters. The Bertz CT molecular complexity index is 371. The number of hydrogen-bond donors (Lipinski definition) is 1. The van der Waals surface area contributed by atoms with Crippen LogP contribution in [0.3, 0.4) is 0 Å². The SMILES string of the molecule is COC1(CNC(C)c2nccnc2C)CCC1. The van der Waals surface area contributed by atoms with E-state index in [9.17, 15) is 0 Å². The highest BCUT2D eigenvalue weighted by Gasteiger charge is 2.37. The van der Waals surface area contributed by atoms with E-state index in [0.29, 0.717) is 0 Å². The molecule has 1 heterocycles. The van der Waals surface area contributed by atoms with Crippen molar-refractivity contribution in [3.8, 4) is 0 Å². The molecule has 17 heavy (non-hydrogen) atoms. The minimum atomic E-state index is 0.0599. The van der Waals surface area contributed by atoms with Gasteiger partial charge in [-0.15, -0.1) is 0 Å². The van der Waals surface area contributed by atoms with Crippen molar-refractivity contribution < 1.29 is 4.74 Å². The van der Waals surface area contributed by atoms with E-state index in [2.05, 4.69) is 22.2 Å². The Morgan fingerprint density at radius 1 is 1.41 bits per heavy atom. The Morgan fingerprint density at radius 2 is 2.12 bits per heavy atom. The third-order valence-electron chi connectivity index (χ3n) is 3.76. The second kappa shape index (κ2) is 5.10. The van der Waals surface area contributed by atoms with Gasteiger partial charge >= 0.3 is 0 Å². The molecular formula is C13H21N3O. The highest BCUT2D eigenvalue weighted by molar-refractivity contribution is 5.12. The number of rotatable bonds is 5. The average molecular weight is 235 g/mol. The molecule has 94 valence electrons.